The fraction of sp³-hybridized carbons (Fsp3) is 0.222. The van der Waals surface area contributed by atoms with Gasteiger partial charge in [-0.05, 0) is 34.7 Å². The Hall–Kier alpha value is -1.59. The van der Waals surface area contributed by atoms with Crippen molar-refractivity contribution in [2.45, 2.75) is 25.5 Å². The molecule has 0 heterocycles. The first-order valence-electron chi connectivity index (χ1n) is 7.39. The quantitative estimate of drug-likeness (QED) is 0.436. The van der Waals surface area contributed by atoms with E-state index >= 15 is 0 Å². The van der Waals surface area contributed by atoms with E-state index in [0.717, 1.165) is 15.8 Å². The average molecular weight is 390 g/mol. The highest BCUT2D eigenvalue weighted by atomic mass is 79.9. The molecule has 0 aliphatic heterocycles. The lowest BCUT2D eigenvalue weighted by Crippen LogP contribution is -2.06. The first-order chi connectivity index (χ1) is 11.1. The second-order valence-electron chi connectivity index (χ2n) is 5.39. The molecule has 2 aromatic rings. The van der Waals surface area contributed by atoms with Crippen molar-refractivity contribution in [2.75, 3.05) is 0 Å². The molecule has 0 bridgehead atoms. The maximum Gasteiger partial charge on any atom is 0.180 e. The molecule has 5 heteroatoms. The predicted molar refractivity (Wildman–Crippen MR) is 105 cm³/mol. The Kier molecular flexibility index (Phi) is 6.86. The molecule has 120 valence electrons. The fourth-order valence-electron chi connectivity index (χ4n) is 2.07. The second kappa shape index (κ2) is 8.89. The molecule has 2 rings (SSSR count). The van der Waals surface area contributed by atoms with Crippen LogP contribution < -0.4 is 5.73 Å². The highest BCUT2D eigenvalue weighted by molar-refractivity contribution is 9.10. The number of nitrogens with zero attached hydrogens (tertiary/aromatic N) is 2. The zero-order valence-electron chi connectivity index (χ0n) is 13.2. The van der Waals surface area contributed by atoms with E-state index in [9.17, 15) is 0 Å². The molecule has 0 spiro atoms. The Bertz CT molecular complexity index is 697. The van der Waals surface area contributed by atoms with Gasteiger partial charge in [0.1, 0.15) is 0 Å². The van der Waals surface area contributed by atoms with Crippen molar-refractivity contribution >= 4 is 39.1 Å². The third-order valence-corrected chi connectivity index (χ3v) is 4.60. The third-order valence-electron chi connectivity index (χ3n) is 3.25. The van der Waals surface area contributed by atoms with Crippen LogP contribution in [0.1, 0.15) is 36.5 Å². The standard InChI is InChI=1S/C18H20BrN3S/c1-13(2)17-10-16(19)9-8-15(17)11-21-22-18(20)23-12-14-6-4-3-5-7-14/h3-11,13H,12H2,1-2H3,(H2,20,22). The second-order valence-corrected chi connectivity index (χ2v) is 7.30. The molecule has 0 aromatic heterocycles. The van der Waals surface area contributed by atoms with Crippen LogP contribution in [0.2, 0.25) is 0 Å². The summed E-state index contributed by atoms with van der Waals surface area (Å²) in [6.45, 7) is 4.32. The lowest BCUT2D eigenvalue weighted by atomic mass is 9.98. The van der Waals surface area contributed by atoms with Gasteiger partial charge in [0.05, 0.1) is 6.21 Å². The van der Waals surface area contributed by atoms with Gasteiger partial charge >= 0.3 is 0 Å². The lowest BCUT2D eigenvalue weighted by Gasteiger charge is -2.09. The van der Waals surface area contributed by atoms with E-state index in [4.69, 9.17) is 5.73 Å². The minimum atomic E-state index is 0.419. The maximum atomic E-state index is 5.90. The van der Waals surface area contributed by atoms with E-state index in [1.54, 1.807) is 6.21 Å². The molecule has 23 heavy (non-hydrogen) atoms. The van der Waals surface area contributed by atoms with Crippen molar-refractivity contribution in [2.24, 2.45) is 15.9 Å². The summed E-state index contributed by atoms with van der Waals surface area (Å²) < 4.78 is 1.07. The van der Waals surface area contributed by atoms with Gasteiger partial charge in [-0.1, -0.05) is 77.9 Å². The van der Waals surface area contributed by atoms with Gasteiger partial charge in [0.15, 0.2) is 5.17 Å². The number of benzene rings is 2. The van der Waals surface area contributed by atoms with E-state index in [0.29, 0.717) is 11.1 Å². The number of amidine groups is 1. The molecule has 0 aliphatic carbocycles. The van der Waals surface area contributed by atoms with Gasteiger partial charge in [-0.3, -0.25) is 0 Å². The number of hydrogen-bond donors (Lipinski definition) is 1. The SMILES string of the molecule is CC(C)c1cc(Br)ccc1C=NN=C(N)SCc1ccccc1. The molecule has 0 fully saturated rings. The number of hydrogen-bond acceptors (Lipinski definition) is 3. The van der Waals surface area contributed by atoms with Crippen LogP contribution in [0.4, 0.5) is 0 Å². The Labute approximate surface area is 150 Å². The molecular formula is C18H20BrN3S. The monoisotopic (exact) mass is 389 g/mol. The van der Waals surface area contributed by atoms with Gasteiger partial charge in [0, 0.05) is 10.2 Å². The Morgan fingerprint density at radius 2 is 1.96 bits per heavy atom. The molecule has 0 atom stereocenters. The van der Waals surface area contributed by atoms with Crippen LogP contribution in [0, 0.1) is 0 Å². The Balaban J connectivity index is 2.00. The molecule has 0 saturated heterocycles. The summed E-state index contributed by atoms with van der Waals surface area (Å²) in [7, 11) is 0. The van der Waals surface area contributed by atoms with E-state index in [2.05, 4.69) is 58.2 Å². The summed E-state index contributed by atoms with van der Waals surface area (Å²) in [5.74, 6) is 1.21. The molecule has 2 aromatic carbocycles. The maximum absolute atomic E-state index is 5.90. The number of rotatable bonds is 5. The summed E-state index contributed by atoms with van der Waals surface area (Å²) in [6, 6.07) is 16.3. The van der Waals surface area contributed by atoms with E-state index in [1.165, 1.54) is 22.9 Å². The van der Waals surface area contributed by atoms with Gasteiger partial charge in [-0.2, -0.15) is 5.10 Å². The highest BCUT2D eigenvalue weighted by Crippen LogP contribution is 2.22. The fourth-order valence-corrected chi connectivity index (χ4v) is 3.06. The Morgan fingerprint density at radius 1 is 1.22 bits per heavy atom. The summed E-state index contributed by atoms with van der Waals surface area (Å²) in [6.07, 6.45) is 1.76. The van der Waals surface area contributed by atoms with Gasteiger partial charge < -0.3 is 5.73 Å². The zero-order chi connectivity index (χ0) is 16.7. The number of nitrogens with two attached hydrogens (primary N) is 1. The zero-order valence-corrected chi connectivity index (χ0v) is 15.6. The van der Waals surface area contributed by atoms with Crippen LogP contribution >= 0.6 is 27.7 Å². The summed E-state index contributed by atoms with van der Waals surface area (Å²) in [5.41, 5.74) is 9.41. The minimum absolute atomic E-state index is 0.419. The third kappa shape index (κ3) is 5.84. The molecule has 0 aliphatic rings. The van der Waals surface area contributed by atoms with Crippen LogP contribution in [-0.2, 0) is 5.75 Å². The largest absolute Gasteiger partial charge is 0.377 e. The van der Waals surface area contributed by atoms with E-state index < -0.39 is 0 Å². The van der Waals surface area contributed by atoms with Gasteiger partial charge in [-0.25, -0.2) is 0 Å². The topological polar surface area (TPSA) is 50.7 Å². The summed E-state index contributed by atoms with van der Waals surface area (Å²) in [4.78, 5) is 0. The number of halogens is 1. The molecular weight excluding hydrogens is 370 g/mol. The first kappa shape index (κ1) is 17.8. The molecule has 0 saturated carbocycles. The summed E-state index contributed by atoms with van der Waals surface area (Å²) in [5, 5.41) is 8.67. The van der Waals surface area contributed by atoms with Crippen molar-refractivity contribution in [1.29, 1.82) is 0 Å². The van der Waals surface area contributed by atoms with Crippen molar-refractivity contribution in [3.63, 3.8) is 0 Å². The van der Waals surface area contributed by atoms with Crippen molar-refractivity contribution < 1.29 is 0 Å². The first-order valence-corrected chi connectivity index (χ1v) is 9.17. The smallest absolute Gasteiger partial charge is 0.180 e. The average Bonchev–Trinajstić information content (AvgIpc) is 2.55. The highest BCUT2D eigenvalue weighted by Gasteiger charge is 2.05. The van der Waals surface area contributed by atoms with Crippen molar-refractivity contribution in [3.05, 3.63) is 69.7 Å². The van der Waals surface area contributed by atoms with Gasteiger partial charge in [-0.15, -0.1) is 5.10 Å². The van der Waals surface area contributed by atoms with Crippen LogP contribution in [0.5, 0.6) is 0 Å². The molecule has 0 amide bonds. The van der Waals surface area contributed by atoms with Crippen LogP contribution in [-0.4, -0.2) is 11.4 Å². The molecule has 0 unspecified atom stereocenters. The van der Waals surface area contributed by atoms with E-state index in [1.807, 2.05) is 30.3 Å². The van der Waals surface area contributed by atoms with Crippen molar-refractivity contribution in [1.82, 2.24) is 0 Å². The van der Waals surface area contributed by atoms with Crippen LogP contribution in [0.15, 0.2) is 63.2 Å². The molecule has 0 radical (unpaired) electrons. The van der Waals surface area contributed by atoms with Gasteiger partial charge in [0.25, 0.3) is 0 Å². The summed E-state index contributed by atoms with van der Waals surface area (Å²) >= 11 is 4.99. The molecule has 2 N–H and O–H groups in total. The minimum Gasteiger partial charge on any atom is -0.377 e. The Morgan fingerprint density at radius 3 is 2.65 bits per heavy atom. The van der Waals surface area contributed by atoms with Crippen molar-refractivity contribution in [3.8, 4) is 0 Å². The van der Waals surface area contributed by atoms with Crippen LogP contribution in [0.25, 0.3) is 0 Å². The lowest BCUT2D eigenvalue weighted by molar-refractivity contribution is 0.863. The molecule has 3 nitrogen and oxygen atoms in total. The van der Waals surface area contributed by atoms with Gasteiger partial charge in [0.2, 0.25) is 0 Å². The normalized spacial score (nSPS) is 12.3. The van der Waals surface area contributed by atoms with Crippen LogP contribution in [0.3, 0.4) is 0 Å². The number of thioether (sulfide) groups is 1. The predicted octanol–water partition coefficient (Wildman–Crippen LogP) is 5.15. The van der Waals surface area contributed by atoms with E-state index in [-0.39, 0.29) is 0 Å².